The molecule has 0 spiro atoms. The van der Waals surface area contributed by atoms with Crippen molar-refractivity contribution in [1.82, 2.24) is 18.6 Å². The topological polar surface area (TPSA) is 74.2 Å². The number of piperazine rings is 1. The first-order valence-electron chi connectivity index (χ1n) is 8.19. The van der Waals surface area contributed by atoms with Gasteiger partial charge < -0.3 is 9.80 Å². The molecule has 0 radical (unpaired) electrons. The Morgan fingerprint density at radius 1 is 1.35 bits per heavy atom. The summed E-state index contributed by atoms with van der Waals surface area (Å²) in [7, 11) is 0. The zero-order valence-corrected chi connectivity index (χ0v) is 16.7. The first-order valence-corrected chi connectivity index (χ1v) is 10.1. The summed E-state index contributed by atoms with van der Waals surface area (Å²) in [6.07, 6.45) is 0. The molecular formula is C16H17ClN6OS2. The highest BCUT2D eigenvalue weighted by Gasteiger charge is 2.29. The van der Waals surface area contributed by atoms with Gasteiger partial charge in [0.2, 0.25) is 0 Å². The smallest absolute Gasteiger partial charge is 0.324 e. The van der Waals surface area contributed by atoms with Crippen molar-refractivity contribution in [3.8, 4) is 0 Å². The van der Waals surface area contributed by atoms with Gasteiger partial charge in [0, 0.05) is 30.7 Å². The van der Waals surface area contributed by atoms with E-state index in [0.717, 1.165) is 34.8 Å². The Morgan fingerprint density at radius 2 is 2.19 bits per heavy atom. The second-order valence-corrected chi connectivity index (χ2v) is 8.22. The van der Waals surface area contributed by atoms with E-state index < -0.39 is 0 Å². The van der Waals surface area contributed by atoms with Crippen LogP contribution < -0.4 is 10.2 Å². The van der Waals surface area contributed by atoms with Gasteiger partial charge in [0.05, 0.1) is 27.6 Å². The van der Waals surface area contributed by atoms with Gasteiger partial charge in [0.15, 0.2) is 10.9 Å². The Balaban J connectivity index is 1.44. The molecule has 1 fully saturated rings. The largest absolute Gasteiger partial charge is 0.350 e. The Morgan fingerprint density at radius 3 is 2.92 bits per heavy atom. The molecule has 4 rings (SSSR count). The number of hydrogen-bond donors (Lipinski definition) is 1. The lowest BCUT2D eigenvalue weighted by Crippen LogP contribution is -2.55. The lowest BCUT2D eigenvalue weighted by atomic mass is 10.2. The highest BCUT2D eigenvalue weighted by atomic mass is 35.5. The average Bonchev–Trinajstić information content (AvgIpc) is 3.19. The fourth-order valence-electron chi connectivity index (χ4n) is 3.08. The molecule has 1 aromatic carbocycles. The third-order valence-electron chi connectivity index (χ3n) is 4.38. The predicted octanol–water partition coefficient (Wildman–Crippen LogP) is 3.85. The van der Waals surface area contributed by atoms with Gasteiger partial charge in [-0.05, 0) is 32.0 Å². The molecule has 0 saturated carbocycles. The van der Waals surface area contributed by atoms with Crippen LogP contribution in [0.3, 0.4) is 0 Å². The lowest BCUT2D eigenvalue weighted by Gasteiger charge is -2.39. The van der Waals surface area contributed by atoms with E-state index in [1.165, 1.54) is 23.1 Å². The molecule has 3 heterocycles. The van der Waals surface area contributed by atoms with E-state index in [1.54, 1.807) is 6.07 Å². The number of thiazole rings is 1. The number of anilines is 2. The van der Waals surface area contributed by atoms with Gasteiger partial charge in [0.1, 0.15) is 0 Å². The molecule has 0 aliphatic carbocycles. The minimum absolute atomic E-state index is 0.0636. The number of nitrogens with zero attached hydrogens (tertiary/aromatic N) is 5. The van der Waals surface area contributed by atoms with Crippen molar-refractivity contribution in [2.24, 2.45) is 0 Å². The molecule has 136 valence electrons. The maximum absolute atomic E-state index is 12.7. The number of halogens is 1. The van der Waals surface area contributed by atoms with Crippen LogP contribution in [0.1, 0.15) is 12.6 Å². The molecule has 26 heavy (non-hydrogen) atoms. The van der Waals surface area contributed by atoms with E-state index in [9.17, 15) is 4.79 Å². The summed E-state index contributed by atoms with van der Waals surface area (Å²) in [5, 5.41) is 4.17. The minimum atomic E-state index is -0.129. The molecule has 1 atom stereocenters. The molecule has 10 heteroatoms. The number of hydrogen-bond acceptors (Lipinski definition) is 7. The van der Waals surface area contributed by atoms with E-state index in [2.05, 4.69) is 23.9 Å². The Hall–Kier alpha value is -1.97. The summed E-state index contributed by atoms with van der Waals surface area (Å²) in [4.78, 5) is 21.2. The standard InChI is InChI=1S/C16H17ClN6OS2/c1-9-8-22(14-10(2)20-26-21-14)5-6-23(9)16(24)19-15-18-12-4-3-11(17)7-13(12)25-15/h3-4,7,9H,5-6,8H2,1-2H3,(H,18,19,24)/t9-/m1/s1. The third kappa shape index (κ3) is 3.34. The monoisotopic (exact) mass is 408 g/mol. The van der Waals surface area contributed by atoms with Gasteiger partial charge in [-0.2, -0.15) is 8.75 Å². The number of nitrogens with one attached hydrogen (secondary N) is 1. The van der Waals surface area contributed by atoms with Crippen LogP contribution in [0.5, 0.6) is 0 Å². The van der Waals surface area contributed by atoms with Crippen molar-refractivity contribution < 1.29 is 4.79 Å². The molecule has 2 amide bonds. The van der Waals surface area contributed by atoms with Crippen molar-refractivity contribution in [3.63, 3.8) is 0 Å². The Labute approximate surface area is 163 Å². The van der Waals surface area contributed by atoms with E-state index in [-0.39, 0.29) is 12.1 Å². The number of carbonyl (C=O) groups is 1. The fourth-order valence-corrected chi connectivity index (χ4v) is 4.78. The van der Waals surface area contributed by atoms with Crippen molar-refractivity contribution in [1.29, 1.82) is 0 Å². The number of rotatable bonds is 2. The average molecular weight is 409 g/mol. The van der Waals surface area contributed by atoms with Crippen LogP contribution in [-0.2, 0) is 0 Å². The van der Waals surface area contributed by atoms with Gasteiger partial charge >= 0.3 is 6.03 Å². The highest BCUT2D eigenvalue weighted by Crippen LogP contribution is 2.29. The minimum Gasteiger partial charge on any atom is -0.350 e. The van der Waals surface area contributed by atoms with E-state index in [0.29, 0.717) is 16.7 Å². The Bertz CT molecular complexity index is 957. The highest BCUT2D eigenvalue weighted by molar-refractivity contribution is 7.22. The van der Waals surface area contributed by atoms with E-state index >= 15 is 0 Å². The zero-order chi connectivity index (χ0) is 18.3. The van der Waals surface area contributed by atoms with Crippen LogP contribution in [0.25, 0.3) is 10.2 Å². The van der Waals surface area contributed by atoms with Crippen LogP contribution >= 0.6 is 34.7 Å². The number of urea groups is 1. The number of aryl methyl sites for hydroxylation is 1. The van der Waals surface area contributed by atoms with Gasteiger partial charge in [0.25, 0.3) is 0 Å². The third-order valence-corrected chi connectivity index (χ3v) is 6.16. The molecule has 3 aromatic rings. The number of fused-ring (bicyclic) bond motifs is 1. The maximum atomic E-state index is 12.7. The van der Waals surface area contributed by atoms with Crippen LogP contribution in [0, 0.1) is 6.92 Å². The quantitative estimate of drug-likeness (QED) is 0.697. The summed E-state index contributed by atoms with van der Waals surface area (Å²) in [6, 6.07) is 5.45. The van der Waals surface area contributed by atoms with E-state index in [1.807, 2.05) is 30.9 Å². The van der Waals surface area contributed by atoms with Crippen molar-refractivity contribution >= 4 is 61.9 Å². The van der Waals surface area contributed by atoms with Gasteiger partial charge in [-0.1, -0.05) is 22.9 Å². The number of amides is 2. The number of aromatic nitrogens is 3. The molecule has 1 N–H and O–H groups in total. The summed E-state index contributed by atoms with van der Waals surface area (Å²) in [5.41, 5.74) is 1.77. The van der Waals surface area contributed by atoms with E-state index in [4.69, 9.17) is 11.6 Å². The maximum Gasteiger partial charge on any atom is 0.324 e. The molecule has 1 saturated heterocycles. The van der Waals surface area contributed by atoms with Crippen LogP contribution in [0.15, 0.2) is 18.2 Å². The SMILES string of the molecule is Cc1nsnc1N1CCN(C(=O)Nc2nc3ccc(Cl)cc3s2)[C@H](C)C1. The van der Waals surface area contributed by atoms with Crippen LogP contribution in [0.4, 0.5) is 15.7 Å². The first-order chi connectivity index (χ1) is 12.5. The Kier molecular flexibility index (Phi) is 4.68. The van der Waals surface area contributed by atoms with Crippen molar-refractivity contribution in [2.45, 2.75) is 19.9 Å². The van der Waals surface area contributed by atoms with Gasteiger partial charge in [-0.3, -0.25) is 5.32 Å². The molecule has 7 nitrogen and oxygen atoms in total. The van der Waals surface area contributed by atoms with Crippen LogP contribution in [0.2, 0.25) is 5.02 Å². The van der Waals surface area contributed by atoms with Crippen LogP contribution in [-0.4, -0.2) is 50.3 Å². The molecule has 1 aliphatic heterocycles. The number of benzene rings is 1. The summed E-state index contributed by atoms with van der Waals surface area (Å²) in [5.74, 6) is 0.921. The zero-order valence-electron chi connectivity index (χ0n) is 14.3. The molecule has 1 aliphatic rings. The summed E-state index contributed by atoms with van der Waals surface area (Å²) < 4.78 is 9.55. The fraction of sp³-hybridized carbons (Fsp3) is 0.375. The second-order valence-electron chi connectivity index (χ2n) is 6.22. The molecule has 0 bridgehead atoms. The molecular weight excluding hydrogens is 392 g/mol. The summed E-state index contributed by atoms with van der Waals surface area (Å²) >= 11 is 8.66. The predicted molar refractivity (Wildman–Crippen MR) is 107 cm³/mol. The van der Waals surface area contributed by atoms with Gasteiger partial charge in [-0.25, -0.2) is 9.78 Å². The molecule has 0 unspecified atom stereocenters. The normalized spacial score (nSPS) is 17.7. The summed E-state index contributed by atoms with van der Waals surface area (Å²) in [6.45, 7) is 6.09. The van der Waals surface area contributed by atoms with Gasteiger partial charge in [-0.15, -0.1) is 0 Å². The van der Waals surface area contributed by atoms with Crippen molar-refractivity contribution in [2.75, 3.05) is 29.9 Å². The number of carbonyl (C=O) groups excluding carboxylic acids is 1. The second kappa shape index (κ2) is 6.98. The lowest BCUT2D eigenvalue weighted by molar-refractivity contribution is 0.184. The first kappa shape index (κ1) is 17.4. The molecule has 2 aromatic heterocycles. The van der Waals surface area contributed by atoms with Crippen molar-refractivity contribution in [3.05, 3.63) is 28.9 Å².